The quantitative estimate of drug-likeness (QED) is 0.637. The fraction of sp³-hybridized carbons (Fsp3) is 0.227. The summed E-state index contributed by atoms with van der Waals surface area (Å²) in [5, 5.41) is 7.16. The summed E-state index contributed by atoms with van der Waals surface area (Å²) in [5.41, 5.74) is 6.07. The van der Waals surface area contributed by atoms with E-state index >= 15 is 0 Å². The molecule has 8 nitrogen and oxygen atoms in total. The van der Waals surface area contributed by atoms with Gasteiger partial charge in [0.05, 0.1) is 18.0 Å². The average molecular weight is 403 g/mol. The molecule has 0 bridgehead atoms. The predicted octanol–water partition coefficient (Wildman–Crippen LogP) is 2.78. The van der Waals surface area contributed by atoms with Gasteiger partial charge in [0, 0.05) is 41.7 Å². The summed E-state index contributed by atoms with van der Waals surface area (Å²) < 4.78 is 5.87. The molecule has 3 aromatic heterocycles. The van der Waals surface area contributed by atoms with E-state index in [1.54, 1.807) is 30.7 Å². The highest BCUT2D eigenvalue weighted by atomic mass is 16.4. The van der Waals surface area contributed by atoms with E-state index < -0.39 is 0 Å². The van der Waals surface area contributed by atoms with Gasteiger partial charge < -0.3 is 9.73 Å². The van der Waals surface area contributed by atoms with Crippen LogP contribution in [0.4, 0.5) is 0 Å². The lowest BCUT2D eigenvalue weighted by atomic mass is 9.93. The molecule has 8 heteroatoms. The summed E-state index contributed by atoms with van der Waals surface area (Å²) in [6.07, 6.45) is 7.04. The Kier molecular flexibility index (Phi) is 5.65. The molecular formula is C22H21N5O3. The van der Waals surface area contributed by atoms with Crippen LogP contribution < -0.4 is 10.7 Å². The van der Waals surface area contributed by atoms with E-state index in [1.807, 2.05) is 25.1 Å². The fourth-order valence-electron chi connectivity index (χ4n) is 3.44. The maximum atomic E-state index is 12.7. The van der Waals surface area contributed by atoms with E-state index in [9.17, 15) is 9.59 Å². The maximum absolute atomic E-state index is 12.7. The number of amides is 2. The number of carbonyl (C=O) groups is 2. The minimum absolute atomic E-state index is 0.269. The molecule has 0 fully saturated rings. The smallest absolute Gasteiger partial charge is 0.287 e. The summed E-state index contributed by atoms with van der Waals surface area (Å²) >= 11 is 0. The summed E-state index contributed by atoms with van der Waals surface area (Å²) in [7, 11) is 0. The number of aromatic nitrogens is 2. The van der Waals surface area contributed by atoms with Gasteiger partial charge in [-0.1, -0.05) is 6.07 Å². The first-order valence-corrected chi connectivity index (χ1v) is 9.71. The molecule has 2 amide bonds. The molecule has 0 aromatic carbocycles. The second-order valence-electron chi connectivity index (χ2n) is 6.95. The number of nitrogens with zero attached hydrogens (tertiary/aromatic N) is 3. The van der Waals surface area contributed by atoms with Gasteiger partial charge >= 0.3 is 0 Å². The predicted molar refractivity (Wildman–Crippen MR) is 110 cm³/mol. The van der Waals surface area contributed by atoms with Crippen molar-refractivity contribution in [2.75, 3.05) is 0 Å². The topological polar surface area (TPSA) is 109 Å². The highest BCUT2D eigenvalue weighted by Gasteiger charge is 2.28. The van der Waals surface area contributed by atoms with Crippen molar-refractivity contribution < 1.29 is 14.0 Å². The van der Waals surface area contributed by atoms with Crippen LogP contribution in [0.3, 0.4) is 0 Å². The highest BCUT2D eigenvalue weighted by Crippen LogP contribution is 2.29. The second-order valence-corrected chi connectivity index (χ2v) is 6.95. The van der Waals surface area contributed by atoms with Crippen molar-refractivity contribution in [3.05, 3.63) is 82.8 Å². The van der Waals surface area contributed by atoms with Crippen LogP contribution in [0.5, 0.6) is 0 Å². The number of hydrogen-bond acceptors (Lipinski definition) is 6. The van der Waals surface area contributed by atoms with Crippen LogP contribution in [0.2, 0.25) is 0 Å². The van der Waals surface area contributed by atoms with Crippen molar-refractivity contribution in [1.82, 2.24) is 20.7 Å². The van der Waals surface area contributed by atoms with E-state index in [1.165, 1.54) is 0 Å². The molecule has 30 heavy (non-hydrogen) atoms. The van der Waals surface area contributed by atoms with Crippen LogP contribution in [0.15, 0.2) is 58.4 Å². The van der Waals surface area contributed by atoms with Crippen LogP contribution in [-0.2, 0) is 13.0 Å². The van der Waals surface area contributed by atoms with E-state index in [-0.39, 0.29) is 17.6 Å². The summed E-state index contributed by atoms with van der Waals surface area (Å²) in [6, 6.07) is 8.78. The van der Waals surface area contributed by atoms with Gasteiger partial charge in [0.1, 0.15) is 5.76 Å². The van der Waals surface area contributed by atoms with Crippen LogP contribution in [0.25, 0.3) is 0 Å². The lowest BCUT2D eigenvalue weighted by Gasteiger charge is -2.13. The molecule has 0 saturated heterocycles. The number of nitrogens with one attached hydrogen (secondary N) is 2. The Morgan fingerprint density at radius 3 is 2.70 bits per heavy atom. The first kappa shape index (κ1) is 19.5. The Balaban J connectivity index is 1.51. The number of hydrazone groups is 1. The van der Waals surface area contributed by atoms with Crippen molar-refractivity contribution in [3.63, 3.8) is 0 Å². The van der Waals surface area contributed by atoms with Gasteiger partial charge in [-0.05, 0) is 44.0 Å². The Morgan fingerprint density at radius 2 is 1.93 bits per heavy atom. The molecule has 3 heterocycles. The summed E-state index contributed by atoms with van der Waals surface area (Å²) in [4.78, 5) is 33.0. The minimum Gasteiger partial charge on any atom is -0.455 e. The van der Waals surface area contributed by atoms with Crippen molar-refractivity contribution in [1.29, 1.82) is 0 Å². The standard InChI is InChI=1S/C22H21N5O3/c1-14-19-17(26-27-21(28)15-8-11-23-12-9-15)6-4-7-18(19)30-20(14)22(29)25-13-16-5-2-3-10-24-16/h2-3,5,8-12H,4,6-7,13H2,1H3,(H,25,29)(H,27,28)/b26-17+. The molecule has 152 valence electrons. The lowest BCUT2D eigenvalue weighted by Crippen LogP contribution is -2.24. The number of fused-ring (bicyclic) bond motifs is 1. The Bertz CT molecular complexity index is 1090. The Morgan fingerprint density at radius 1 is 1.10 bits per heavy atom. The first-order valence-electron chi connectivity index (χ1n) is 9.71. The number of hydrogen-bond donors (Lipinski definition) is 2. The molecule has 3 aromatic rings. The fourth-order valence-corrected chi connectivity index (χ4v) is 3.44. The van der Waals surface area contributed by atoms with E-state index in [2.05, 4.69) is 25.8 Å². The summed E-state index contributed by atoms with van der Waals surface area (Å²) in [6.45, 7) is 2.15. The average Bonchev–Trinajstić information content (AvgIpc) is 3.14. The van der Waals surface area contributed by atoms with Gasteiger partial charge in [-0.25, -0.2) is 5.43 Å². The van der Waals surface area contributed by atoms with Gasteiger partial charge in [-0.15, -0.1) is 0 Å². The molecule has 0 atom stereocenters. The number of carbonyl (C=O) groups excluding carboxylic acids is 2. The van der Waals surface area contributed by atoms with Crippen LogP contribution in [0, 0.1) is 6.92 Å². The molecule has 0 saturated carbocycles. The van der Waals surface area contributed by atoms with E-state index in [0.29, 0.717) is 24.2 Å². The second kappa shape index (κ2) is 8.69. The van der Waals surface area contributed by atoms with Crippen LogP contribution >= 0.6 is 0 Å². The van der Waals surface area contributed by atoms with Crippen molar-refractivity contribution >= 4 is 17.5 Å². The molecule has 2 N–H and O–H groups in total. The number of rotatable bonds is 5. The highest BCUT2D eigenvalue weighted by molar-refractivity contribution is 6.07. The van der Waals surface area contributed by atoms with Crippen molar-refractivity contribution in [2.24, 2.45) is 5.10 Å². The van der Waals surface area contributed by atoms with Gasteiger partial charge in [0.15, 0.2) is 5.76 Å². The molecule has 0 unspecified atom stereocenters. The SMILES string of the molecule is Cc1c(C(=O)NCc2ccccn2)oc2c1/C(=N/NC(=O)c1ccncc1)CCC2. The maximum Gasteiger partial charge on any atom is 0.287 e. The Hall–Kier alpha value is -3.81. The van der Waals surface area contributed by atoms with Crippen molar-refractivity contribution in [2.45, 2.75) is 32.7 Å². The summed E-state index contributed by atoms with van der Waals surface area (Å²) in [5.74, 6) is 0.379. The molecular weight excluding hydrogens is 382 g/mol. The van der Waals surface area contributed by atoms with E-state index in [0.717, 1.165) is 35.4 Å². The van der Waals surface area contributed by atoms with Gasteiger partial charge in [-0.2, -0.15) is 5.10 Å². The zero-order chi connectivity index (χ0) is 20.9. The number of furan rings is 1. The van der Waals surface area contributed by atoms with Crippen molar-refractivity contribution in [3.8, 4) is 0 Å². The number of pyridine rings is 2. The molecule has 1 aliphatic carbocycles. The zero-order valence-corrected chi connectivity index (χ0v) is 16.5. The third-order valence-electron chi connectivity index (χ3n) is 4.92. The van der Waals surface area contributed by atoms with Gasteiger partial charge in [0.25, 0.3) is 11.8 Å². The third-order valence-corrected chi connectivity index (χ3v) is 4.92. The molecule has 0 radical (unpaired) electrons. The monoisotopic (exact) mass is 403 g/mol. The van der Waals surface area contributed by atoms with E-state index in [4.69, 9.17) is 4.42 Å². The first-order chi connectivity index (χ1) is 14.6. The zero-order valence-electron chi connectivity index (χ0n) is 16.5. The van der Waals surface area contributed by atoms with Crippen LogP contribution in [0.1, 0.15) is 56.3 Å². The van der Waals surface area contributed by atoms with Gasteiger partial charge in [0.2, 0.25) is 0 Å². The Labute approximate surface area is 173 Å². The van der Waals surface area contributed by atoms with Crippen LogP contribution in [-0.4, -0.2) is 27.5 Å². The molecule has 0 aliphatic heterocycles. The third kappa shape index (κ3) is 4.12. The number of aryl methyl sites for hydroxylation is 1. The van der Waals surface area contributed by atoms with Gasteiger partial charge in [-0.3, -0.25) is 19.6 Å². The molecule has 4 rings (SSSR count). The lowest BCUT2D eigenvalue weighted by molar-refractivity contribution is 0.0918. The molecule has 1 aliphatic rings. The molecule has 0 spiro atoms. The largest absolute Gasteiger partial charge is 0.455 e. The minimum atomic E-state index is -0.313. The normalized spacial score (nSPS) is 14.2.